The normalized spacial score (nSPS) is 18.8. The van der Waals surface area contributed by atoms with Gasteiger partial charge < -0.3 is 4.90 Å². The lowest BCUT2D eigenvalue weighted by molar-refractivity contribution is 0.0789. The Labute approximate surface area is 185 Å². The number of allylic oxidation sites excluding steroid dienone is 4. The smallest absolute Gasteiger partial charge is 0.174 e. The van der Waals surface area contributed by atoms with Crippen LogP contribution in [0.2, 0.25) is 0 Å². The van der Waals surface area contributed by atoms with Gasteiger partial charge in [-0.3, -0.25) is 4.79 Å². The SMILES string of the molecule is C[C@@H](CC(C(=O)c1ccc2ccccc2c1)(c1ccccc1)C1C=CC=CC1)N(C)C. The first-order chi connectivity index (χ1) is 15.0. The van der Waals surface area contributed by atoms with E-state index in [1.807, 2.05) is 24.3 Å². The second-order valence-electron chi connectivity index (χ2n) is 8.90. The fourth-order valence-electron chi connectivity index (χ4n) is 4.79. The van der Waals surface area contributed by atoms with Gasteiger partial charge in [0.25, 0.3) is 0 Å². The molecule has 0 saturated carbocycles. The molecule has 0 amide bonds. The van der Waals surface area contributed by atoms with Crippen molar-refractivity contribution in [1.29, 1.82) is 0 Å². The molecule has 3 aromatic rings. The van der Waals surface area contributed by atoms with E-state index < -0.39 is 5.41 Å². The average molecular weight is 410 g/mol. The van der Waals surface area contributed by atoms with E-state index in [1.54, 1.807) is 0 Å². The summed E-state index contributed by atoms with van der Waals surface area (Å²) in [4.78, 5) is 16.7. The minimum absolute atomic E-state index is 0.112. The maximum absolute atomic E-state index is 14.5. The Balaban J connectivity index is 1.91. The molecule has 3 aromatic carbocycles. The predicted octanol–water partition coefficient (Wildman–Crippen LogP) is 6.43. The highest BCUT2D eigenvalue weighted by molar-refractivity contribution is 6.07. The first kappa shape index (κ1) is 21.3. The van der Waals surface area contributed by atoms with Crippen LogP contribution in [0.4, 0.5) is 0 Å². The summed E-state index contributed by atoms with van der Waals surface area (Å²) in [7, 11) is 4.19. The third-order valence-electron chi connectivity index (χ3n) is 6.82. The number of Topliss-reactive ketones (excluding diaryl/α,β-unsaturated/α-hetero) is 1. The van der Waals surface area contributed by atoms with Crippen LogP contribution in [0, 0.1) is 5.92 Å². The second kappa shape index (κ2) is 9.03. The molecule has 2 nitrogen and oxygen atoms in total. The Morgan fingerprint density at radius 2 is 1.68 bits per heavy atom. The third kappa shape index (κ3) is 4.13. The minimum Gasteiger partial charge on any atom is -0.307 e. The van der Waals surface area contributed by atoms with Crippen LogP contribution >= 0.6 is 0 Å². The number of benzene rings is 3. The number of fused-ring (bicyclic) bond motifs is 1. The molecule has 4 rings (SSSR count). The summed E-state index contributed by atoms with van der Waals surface area (Å²) in [5.74, 6) is 0.323. The van der Waals surface area contributed by atoms with Crippen molar-refractivity contribution in [2.45, 2.75) is 31.2 Å². The van der Waals surface area contributed by atoms with Crippen LogP contribution in [-0.2, 0) is 5.41 Å². The molecule has 0 radical (unpaired) electrons. The number of carbonyl (C=O) groups excluding carboxylic acids is 1. The second-order valence-corrected chi connectivity index (χ2v) is 8.90. The Morgan fingerprint density at radius 3 is 2.35 bits per heavy atom. The molecular formula is C29H31NO. The standard InChI is InChI=1S/C29H31NO/c1-22(30(2)3)21-29(26-14-6-4-7-15-26,27-16-8-5-9-17-27)28(31)25-19-18-23-12-10-11-13-24(23)20-25/h4-16,18-20,22,27H,17,21H2,1-3H3/t22-,27?,29?/m0/s1. The van der Waals surface area contributed by atoms with E-state index >= 15 is 0 Å². The molecule has 2 heteroatoms. The summed E-state index contributed by atoms with van der Waals surface area (Å²) >= 11 is 0. The highest BCUT2D eigenvalue weighted by atomic mass is 16.1. The summed E-state index contributed by atoms with van der Waals surface area (Å²) < 4.78 is 0. The highest BCUT2D eigenvalue weighted by Crippen LogP contribution is 2.44. The van der Waals surface area contributed by atoms with Crippen LogP contribution in [-0.4, -0.2) is 30.8 Å². The molecule has 0 aromatic heterocycles. The highest BCUT2D eigenvalue weighted by Gasteiger charge is 2.47. The van der Waals surface area contributed by atoms with Gasteiger partial charge in [-0.25, -0.2) is 0 Å². The van der Waals surface area contributed by atoms with Crippen molar-refractivity contribution in [2.24, 2.45) is 5.92 Å². The van der Waals surface area contributed by atoms with Gasteiger partial charge in [0.2, 0.25) is 0 Å². The Kier molecular flexibility index (Phi) is 6.20. The van der Waals surface area contributed by atoms with Gasteiger partial charge in [-0.15, -0.1) is 0 Å². The van der Waals surface area contributed by atoms with Gasteiger partial charge >= 0.3 is 0 Å². The summed E-state index contributed by atoms with van der Waals surface area (Å²) in [6.07, 6.45) is 10.2. The number of nitrogens with zero attached hydrogens (tertiary/aromatic N) is 1. The minimum atomic E-state index is -0.630. The van der Waals surface area contributed by atoms with Gasteiger partial charge in [-0.05, 0) is 62.2 Å². The monoisotopic (exact) mass is 409 g/mol. The largest absolute Gasteiger partial charge is 0.307 e. The van der Waals surface area contributed by atoms with E-state index in [4.69, 9.17) is 0 Å². The van der Waals surface area contributed by atoms with Gasteiger partial charge in [0, 0.05) is 11.6 Å². The molecule has 0 bridgehead atoms. The van der Waals surface area contributed by atoms with E-state index in [0.717, 1.165) is 34.7 Å². The quantitative estimate of drug-likeness (QED) is 0.419. The molecule has 1 aliphatic carbocycles. The van der Waals surface area contributed by atoms with Crippen LogP contribution in [0.3, 0.4) is 0 Å². The van der Waals surface area contributed by atoms with Crippen LogP contribution in [0.25, 0.3) is 10.8 Å². The van der Waals surface area contributed by atoms with Crippen LogP contribution in [0.1, 0.15) is 35.7 Å². The molecule has 1 aliphatic rings. The van der Waals surface area contributed by atoms with Crippen molar-refractivity contribution in [2.75, 3.05) is 14.1 Å². The van der Waals surface area contributed by atoms with Gasteiger partial charge in [-0.1, -0.05) is 91.0 Å². The zero-order chi connectivity index (χ0) is 21.8. The first-order valence-electron chi connectivity index (χ1n) is 11.1. The van der Waals surface area contributed by atoms with E-state index in [1.165, 1.54) is 0 Å². The Morgan fingerprint density at radius 1 is 0.968 bits per heavy atom. The van der Waals surface area contributed by atoms with Crippen molar-refractivity contribution >= 4 is 16.6 Å². The predicted molar refractivity (Wildman–Crippen MR) is 131 cm³/mol. The summed E-state index contributed by atoms with van der Waals surface area (Å²) in [5, 5.41) is 2.27. The van der Waals surface area contributed by atoms with Crippen molar-refractivity contribution in [3.05, 3.63) is 108 Å². The number of carbonyl (C=O) groups is 1. The van der Waals surface area contributed by atoms with Gasteiger partial charge in [0.1, 0.15) is 0 Å². The molecule has 2 unspecified atom stereocenters. The van der Waals surface area contributed by atoms with E-state index in [9.17, 15) is 4.79 Å². The lowest BCUT2D eigenvalue weighted by Crippen LogP contribution is -2.47. The number of rotatable bonds is 7. The molecule has 0 heterocycles. The van der Waals surface area contributed by atoms with Crippen LogP contribution in [0.15, 0.2) is 97.1 Å². The van der Waals surface area contributed by atoms with Crippen molar-refractivity contribution in [3.8, 4) is 0 Å². The first-order valence-corrected chi connectivity index (χ1v) is 11.1. The zero-order valence-electron chi connectivity index (χ0n) is 18.7. The molecule has 0 fully saturated rings. The summed E-state index contributed by atoms with van der Waals surface area (Å²) in [6.45, 7) is 2.22. The van der Waals surface area contributed by atoms with Gasteiger partial charge in [0.05, 0.1) is 5.41 Å². The van der Waals surface area contributed by atoms with E-state index in [-0.39, 0.29) is 17.7 Å². The van der Waals surface area contributed by atoms with E-state index in [0.29, 0.717) is 0 Å². The van der Waals surface area contributed by atoms with Crippen molar-refractivity contribution < 1.29 is 4.79 Å². The number of hydrogen-bond acceptors (Lipinski definition) is 2. The molecule has 0 aliphatic heterocycles. The zero-order valence-corrected chi connectivity index (χ0v) is 18.7. The van der Waals surface area contributed by atoms with Gasteiger partial charge in [0.15, 0.2) is 5.78 Å². The summed E-state index contributed by atoms with van der Waals surface area (Å²) in [5.41, 5.74) is 1.26. The average Bonchev–Trinajstić information content (AvgIpc) is 2.82. The lowest BCUT2D eigenvalue weighted by Gasteiger charge is -2.42. The van der Waals surface area contributed by atoms with Crippen LogP contribution < -0.4 is 0 Å². The van der Waals surface area contributed by atoms with E-state index in [2.05, 4.69) is 98.8 Å². The fraction of sp³-hybridized carbons (Fsp3) is 0.276. The number of ketones is 1. The molecule has 31 heavy (non-hydrogen) atoms. The number of hydrogen-bond donors (Lipinski definition) is 0. The molecule has 3 atom stereocenters. The molecule has 0 spiro atoms. The van der Waals surface area contributed by atoms with Crippen LogP contribution in [0.5, 0.6) is 0 Å². The maximum Gasteiger partial charge on any atom is 0.174 e. The molecule has 0 saturated heterocycles. The van der Waals surface area contributed by atoms with Crippen molar-refractivity contribution in [1.82, 2.24) is 4.90 Å². The maximum atomic E-state index is 14.5. The fourth-order valence-corrected chi connectivity index (χ4v) is 4.79. The molecular weight excluding hydrogens is 378 g/mol. The summed E-state index contributed by atoms with van der Waals surface area (Å²) in [6, 6.07) is 25.1. The third-order valence-corrected chi connectivity index (χ3v) is 6.82. The lowest BCUT2D eigenvalue weighted by atomic mass is 9.61. The molecule has 0 N–H and O–H groups in total. The molecule has 158 valence electrons. The van der Waals surface area contributed by atoms with Gasteiger partial charge in [-0.2, -0.15) is 0 Å². The Hall–Kier alpha value is -2.97. The topological polar surface area (TPSA) is 20.3 Å². The van der Waals surface area contributed by atoms with Crippen molar-refractivity contribution in [3.63, 3.8) is 0 Å². The Bertz CT molecular complexity index is 1110.